The van der Waals surface area contributed by atoms with Gasteiger partial charge in [0, 0.05) is 18.1 Å². The standard InChI is InChI=1S/C18H14N4O3/c23-17(16-5-1-2-10-19-16)21-20-12-15-4-3-11-22(15)14-8-6-13(7-9-14)18(24)25/h1-12H,(H,21,23)(H,24,25). The zero-order valence-corrected chi connectivity index (χ0v) is 13.0. The first-order valence-corrected chi connectivity index (χ1v) is 7.40. The van der Waals surface area contributed by atoms with E-state index in [0.717, 1.165) is 11.4 Å². The summed E-state index contributed by atoms with van der Waals surface area (Å²) in [5, 5.41) is 12.9. The van der Waals surface area contributed by atoms with E-state index in [9.17, 15) is 9.59 Å². The quantitative estimate of drug-likeness (QED) is 0.553. The second-order valence-electron chi connectivity index (χ2n) is 5.07. The summed E-state index contributed by atoms with van der Waals surface area (Å²) in [6, 6.07) is 15.1. The number of pyridine rings is 1. The second kappa shape index (κ2) is 7.22. The van der Waals surface area contributed by atoms with Crippen LogP contribution in [0.4, 0.5) is 0 Å². The van der Waals surface area contributed by atoms with Crippen LogP contribution in [0, 0.1) is 0 Å². The minimum absolute atomic E-state index is 0.216. The minimum atomic E-state index is -0.974. The van der Waals surface area contributed by atoms with Crippen LogP contribution in [0.3, 0.4) is 0 Å². The molecule has 0 radical (unpaired) electrons. The molecule has 1 aromatic carbocycles. The lowest BCUT2D eigenvalue weighted by molar-refractivity contribution is 0.0696. The highest BCUT2D eigenvalue weighted by atomic mass is 16.4. The zero-order valence-electron chi connectivity index (χ0n) is 13.0. The molecule has 3 aromatic rings. The fraction of sp³-hybridized carbons (Fsp3) is 0. The van der Waals surface area contributed by atoms with Crippen LogP contribution in [0.1, 0.15) is 26.5 Å². The van der Waals surface area contributed by atoms with E-state index in [2.05, 4.69) is 15.5 Å². The first-order chi connectivity index (χ1) is 12.1. The van der Waals surface area contributed by atoms with Crippen molar-refractivity contribution in [2.45, 2.75) is 0 Å². The molecule has 7 nitrogen and oxygen atoms in total. The number of aromatic carboxylic acids is 1. The number of amides is 1. The predicted octanol–water partition coefficient (Wildman–Crippen LogP) is 2.33. The van der Waals surface area contributed by atoms with E-state index in [1.165, 1.54) is 24.5 Å². The van der Waals surface area contributed by atoms with E-state index >= 15 is 0 Å². The summed E-state index contributed by atoms with van der Waals surface area (Å²) >= 11 is 0. The SMILES string of the molecule is O=C(O)c1ccc(-n2cccc2C=NNC(=O)c2ccccn2)cc1. The Morgan fingerprint density at radius 1 is 1.08 bits per heavy atom. The molecule has 0 atom stereocenters. The van der Waals surface area contributed by atoms with E-state index < -0.39 is 11.9 Å². The van der Waals surface area contributed by atoms with Gasteiger partial charge in [-0.25, -0.2) is 10.2 Å². The molecule has 2 aromatic heterocycles. The van der Waals surface area contributed by atoms with Crippen LogP contribution < -0.4 is 5.43 Å². The Kier molecular flexibility index (Phi) is 4.66. The van der Waals surface area contributed by atoms with E-state index in [0.29, 0.717) is 0 Å². The Bertz CT molecular complexity index is 915. The number of carbonyl (C=O) groups is 2. The summed E-state index contributed by atoms with van der Waals surface area (Å²) < 4.78 is 1.82. The lowest BCUT2D eigenvalue weighted by atomic mass is 10.2. The third-order valence-electron chi connectivity index (χ3n) is 3.43. The summed E-state index contributed by atoms with van der Waals surface area (Å²) in [4.78, 5) is 26.7. The first-order valence-electron chi connectivity index (χ1n) is 7.40. The van der Waals surface area contributed by atoms with Gasteiger partial charge in [0.25, 0.3) is 5.91 Å². The minimum Gasteiger partial charge on any atom is -0.478 e. The predicted molar refractivity (Wildman–Crippen MR) is 92.0 cm³/mol. The summed E-state index contributed by atoms with van der Waals surface area (Å²) in [5.74, 6) is -1.38. The van der Waals surface area contributed by atoms with Crippen LogP contribution >= 0.6 is 0 Å². The van der Waals surface area contributed by atoms with E-state index in [1.54, 1.807) is 30.3 Å². The van der Waals surface area contributed by atoms with Crippen LogP contribution in [0.2, 0.25) is 0 Å². The average Bonchev–Trinajstić information content (AvgIpc) is 3.11. The normalized spacial score (nSPS) is 10.7. The number of benzene rings is 1. The number of rotatable bonds is 5. The summed E-state index contributed by atoms with van der Waals surface area (Å²) in [5.41, 5.74) is 4.42. The maximum absolute atomic E-state index is 11.9. The van der Waals surface area contributed by atoms with Crippen molar-refractivity contribution in [3.8, 4) is 5.69 Å². The lowest BCUT2D eigenvalue weighted by Crippen LogP contribution is -2.18. The summed E-state index contributed by atoms with van der Waals surface area (Å²) in [7, 11) is 0. The number of hydrogen-bond donors (Lipinski definition) is 2. The smallest absolute Gasteiger partial charge is 0.335 e. The molecule has 2 heterocycles. The number of carboxylic acid groups (broad SMARTS) is 1. The summed E-state index contributed by atoms with van der Waals surface area (Å²) in [6.45, 7) is 0. The monoisotopic (exact) mass is 334 g/mol. The van der Waals surface area contributed by atoms with Gasteiger partial charge in [-0.05, 0) is 48.5 Å². The number of aromatic nitrogens is 2. The van der Waals surface area contributed by atoms with Crippen molar-refractivity contribution in [1.82, 2.24) is 15.0 Å². The highest BCUT2D eigenvalue weighted by molar-refractivity contribution is 5.93. The number of carbonyl (C=O) groups excluding carboxylic acids is 1. The topological polar surface area (TPSA) is 96.6 Å². The van der Waals surface area contributed by atoms with E-state index in [-0.39, 0.29) is 11.3 Å². The number of nitrogens with one attached hydrogen (secondary N) is 1. The Morgan fingerprint density at radius 2 is 1.88 bits per heavy atom. The van der Waals surface area contributed by atoms with Crippen molar-refractivity contribution in [1.29, 1.82) is 0 Å². The van der Waals surface area contributed by atoms with Crippen LogP contribution in [0.5, 0.6) is 0 Å². The fourth-order valence-electron chi connectivity index (χ4n) is 2.21. The lowest BCUT2D eigenvalue weighted by Gasteiger charge is -2.06. The van der Waals surface area contributed by atoms with Crippen LogP contribution in [-0.2, 0) is 0 Å². The molecule has 0 bridgehead atoms. The molecule has 3 rings (SSSR count). The van der Waals surface area contributed by atoms with Gasteiger partial charge in [0.1, 0.15) is 5.69 Å². The molecule has 0 aliphatic rings. The number of nitrogens with zero attached hydrogens (tertiary/aromatic N) is 3. The van der Waals surface area contributed by atoms with E-state index in [4.69, 9.17) is 5.11 Å². The van der Waals surface area contributed by atoms with Gasteiger partial charge < -0.3 is 9.67 Å². The van der Waals surface area contributed by atoms with Gasteiger partial charge in [-0.15, -0.1) is 0 Å². The molecule has 0 spiro atoms. The van der Waals surface area contributed by atoms with Crippen LogP contribution in [0.15, 0.2) is 72.1 Å². The van der Waals surface area contributed by atoms with Gasteiger partial charge in [-0.2, -0.15) is 5.10 Å². The van der Waals surface area contributed by atoms with Gasteiger partial charge in [-0.1, -0.05) is 6.07 Å². The second-order valence-corrected chi connectivity index (χ2v) is 5.07. The first kappa shape index (κ1) is 16.1. The van der Waals surface area contributed by atoms with Crippen molar-refractivity contribution in [2.75, 3.05) is 0 Å². The Morgan fingerprint density at radius 3 is 2.56 bits per heavy atom. The highest BCUT2D eigenvalue weighted by Gasteiger charge is 2.06. The maximum atomic E-state index is 11.9. The summed E-state index contributed by atoms with van der Waals surface area (Å²) in [6.07, 6.45) is 4.86. The van der Waals surface area contributed by atoms with Gasteiger partial charge >= 0.3 is 5.97 Å². The highest BCUT2D eigenvalue weighted by Crippen LogP contribution is 2.13. The molecule has 0 fully saturated rings. The Hall–Kier alpha value is -3.74. The van der Waals surface area contributed by atoms with Crippen molar-refractivity contribution in [2.24, 2.45) is 5.10 Å². The third kappa shape index (κ3) is 3.78. The molecule has 0 aliphatic carbocycles. The molecule has 7 heteroatoms. The molecule has 0 saturated heterocycles. The molecule has 0 saturated carbocycles. The van der Waals surface area contributed by atoms with Gasteiger partial charge in [-0.3, -0.25) is 9.78 Å². The molecular weight excluding hydrogens is 320 g/mol. The third-order valence-corrected chi connectivity index (χ3v) is 3.43. The Labute approximate surface area is 143 Å². The van der Waals surface area contributed by atoms with Crippen molar-refractivity contribution in [3.05, 3.63) is 83.9 Å². The molecule has 25 heavy (non-hydrogen) atoms. The van der Waals surface area contributed by atoms with E-state index in [1.807, 2.05) is 22.9 Å². The van der Waals surface area contributed by atoms with Gasteiger partial charge in [0.15, 0.2) is 0 Å². The molecule has 1 amide bonds. The maximum Gasteiger partial charge on any atom is 0.335 e. The van der Waals surface area contributed by atoms with Gasteiger partial charge in [0.2, 0.25) is 0 Å². The van der Waals surface area contributed by atoms with Crippen molar-refractivity contribution in [3.63, 3.8) is 0 Å². The number of hydrogen-bond acceptors (Lipinski definition) is 4. The number of carboxylic acids is 1. The zero-order chi connectivity index (χ0) is 17.6. The largest absolute Gasteiger partial charge is 0.478 e. The average molecular weight is 334 g/mol. The fourth-order valence-corrected chi connectivity index (χ4v) is 2.21. The van der Waals surface area contributed by atoms with Crippen LogP contribution in [-0.4, -0.2) is 32.7 Å². The van der Waals surface area contributed by atoms with Gasteiger partial charge in [0.05, 0.1) is 17.5 Å². The number of hydrazone groups is 1. The molecule has 0 unspecified atom stereocenters. The molecular formula is C18H14N4O3. The van der Waals surface area contributed by atoms with Crippen molar-refractivity contribution < 1.29 is 14.7 Å². The van der Waals surface area contributed by atoms with Crippen LogP contribution in [0.25, 0.3) is 5.69 Å². The van der Waals surface area contributed by atoms with Crippen molar-refractivity contribution >= 4 is 18.1 Å². The molecule has 124 valence electrons. The Balaban J connectivity index is 1.73. The molecule has 0 aliphatic heterocycles. The molecule has 2 N–H and O–H groups in total.